The highest BCUT2D eigenvalue weighted by atomic mass is 16.2. The van der Waals surface area contributed by atoms with Crippen molar-refractivity contribution in [1.82, 2.24) is 20.1 Å². The summed E-state index contributed by atoms with van der Waals surface area (Å²) in [7, 11) is 1.75. The molecule has 136 valence electrons. The molecule has 3 aliphatic carbocycles. The van der Waals surface area contributed by atoms with Crippen LogP contribution in [0.15, 0.2) is 48.5 Å². The Morgan fingerprint density at radius 1 is 1.07 bits per heavy atom. The van der Waals surface area contributed by atoms with Gasteiger partial charge in [0.15, 0.2) is 0 Å². The predicted octanol–water partition coefficient (Wildman–Crippen LogP) is 3.15. The molecular formula is C22H22N4O. The predicted molar refractivity (Wildman–Crippen MR) is 103 cm³/mol. The summed E-state index contributed by atoms with van der Waals surface area (Å²) in [6.45, 7) is 2.44. The number of hydrogen-bond acceptors (Lipinski definition) is 3. The number of carbonyl (C=O) groups excluding carboxylic acids is 1. The third kappa shape index (κ3) is 2.49. The number of hydrogen-bond donors (Lipinski definition) is 1. The summed E-state index contributed by atoms with van der Waals surface area (Å²) in [5.41, 5.74) is 5.74. The summed E-state index contributed by atoms with van der Waals surface area (Å²) < 4.78 is 1.54. The molecule has 1 aromatic heterocycles. The van der Waals surface area contributed by atoms with E-state index in [0.717, 1.165) is 6.42 Å². The molecule has 0 saturated carbocycles. The fourth-order valence-corrected chi connectivity index (χ4v) is 4.97. The van der Waals surface area contributed by atoms with Gasteiger partial charge in [0.1, 0.15) is 5.82 Å². The first-order valence-corrected chi connectivity index (χ1v) is 9.47. The number of nitrogens with zero attached hydrogens (tertiary/aromatic N) is 3. The summed E-state index contributed by atoms with van der Waals surface area (Å²) in [5, 5.41) is 7.28. The molecule has 2 bridgehead atoms. The van der Waals surface area contributed by atoms with Gasteiger partial charge in [-0.2, -0.15) is 5.10 Å². The quantitative estimate of drug-likeness (QED) is 0.782. The normalized spacial score (nSPS) is 22.2. The Morgan fingerprint density at radius 3 is 2.22 bits per heavy atom. The molecule has 5 nitrogen and oxygen atoms in total. The van der Waals surface area contributed by atoms with Gasteiger partial charge in [-0.1, -0.05) is 48.5 Å². The number of nitrogens with one attached hydrogen (secondary N) is 1. The number of amides is 1. The van der Waals surface area contributed by atoms with E-state index >= 15 is 0 Å². The van der Waals surface area contributed by atoms with E-state index in [1.165, 1.54) is 22.3 Å². The number of fused-ring (bicyclic) bond motifs is 1. The van der Waals surface area contributed by atoms with E-state index in [9.17, 15) is 4.79 Å². The zero-order valence-electron chi connectivity index (χ0n) is 15.5. The van der Waals surface area contributed by atoms with Crippen molar-refractivity contribution in [3.05, 3.63) is 82.4 Å². The standard InChI is InChI=1S/C22H22N4O/c1-13-24-21(26(2)25-13)22(27)23-12-14-11-19-15-7-3-5-9-17(15)20(14)18-10-6-4-8-16(18)19/h3-10,14,19-20H,11-12H2,1-2H3,(H,23,27)/t14-,19?,20?/m1/s1. The SMILES string of the molecule is Cc1nc(C(=O)NC[C@H]2CC3c4ccccc4C2c2ccccc23)n(C)n1. The topological polar surface area (TPSA) is 59.8 Å². The molecule has 0 unspecified atom stereocenters. The molecule has 5 heteroatoms. The molecule has 27 heavy (non-hydrogen) atoms. The Hall–Kier alpha value is -2.95. The molecule has 1 amide bonds. The third-order valence-electron chi connectivity index (χ3n) is 6.02. The summed E-state index contributed by atoms with van der Waals surface area (Å²) >= 11 is 0. The van der Waals surface area contributed by atoms with Gasteiger partial charge in [-0.05, 0) is 41.5 Å². The summed E-state index contributed by atoms with van der Waals surface area (Å²) in [6.07, 6.45) is 1.07. The highest BCUT2D eigenvalue weighted by Crippen LogP contribution is 2.55. The van der Waals surface area contributed by atoms with E-state index in [1.54, 1.807) is 18.7 Å². The van der Waals surface area contributed by atoms with Crippen LogP contribution in [-0.4, -0.2) is 27.2 Å². The summed E-state index contributed by atoms with van der Waals surface area (Å²) in [6, 6.07) is 17.6. The lowest BCUT2D eigenvalue weighted by atomic mass is 9.59. The lowest BCUT2D eigenvalue weighted by Gasteiger charge is -2.45. The van der Waals surface area contributed by atoms with Crippen LogP contribution in [0.5, 0.6) is 0 Å². The molecule has 3 aromatic rings. The Labute approximate surface area is 158 Å². The minimum atomic E-state index is -0.152. The van der Waals surface area contributed by atoms with Gasteiger partial charge in [-0.15, -0.1) is 0 Å². The van der Waals surface area contributed by atoms with Crippen LogP contribution in [0, 0.1) is 12.8 Å². The molecule has 1 atom stereocenters. The van der Waals surface area contributed by atoms with Crippen LogP contribution in [0.1, 0.15) is 57.0 Å². The fraction of sp³-hybridized carbons (Fsp3) is 0.318. The monoisotopic (exact) mass is 358 g/mol. The average molecular weight is 358 g/mol. The van der Waals surface area contributed by atoms with E-state index in [4.69, 9.17) is 0 Å². The van der Waals surface area contributed by atoms with Gasteiger partial charge in [0, 0.05) is 25.4 Å². The van der Waals surface area contributed by atoms with Crippen molar-refractivity contribution < 1.29 is 4.79 Å². The molecule has 6 rings (SSSR count). The van der Waals surface area contributed by atoms with Gasteiger partial charge in [0.25, 0.3) is 5.91 Å². The van der Waals surface area contributed by atoms with Gasteiger partial charge in [0.05, 0.1) is 0 Å². The molecule has 1 heterocycles. The summed E-state index contributed by atoms with van der Waals surface area (Å²) in [4.78, 5) is 16.8. The van der Waals surface area contributed by atoms with E-state index in [1.807, 2.05) is 0 Å². The Balaban J connectivity index is 1.44. The van der Waals surface area contributed by atoms with E-state index in [2.05, 4.69) is 63.9 Å². The third-order valence-corrected chi connectivity index (χ3v) is 6.02. The maximum absolute atomic E-state index is 12.6. The Kier molecular flexibility index (Phi) is 3.64. The van der Waals surface area contributed by atoms with Crippen molar-refractivity contribution >= 4 is 5.91 Å². The molecule has 2 aromatic carbocycles. The molecule has 0 radical (unpaired) electrons. The largest absolute Gasteiger partial charge is 0.349 e. The van der Waals surface area contributed by atoms with Gasteiger partial charge in [0.2, 0.25) is 5.82 Å². The molecule has 0 spiro atoms. The molecule has 0 saturated heterocycles. The number of carbonyl (C=O) groups is 1. The van der Waals surface area contributed by atoms with Crippen LogP contribution in [0.2, 0.25) is 0 Å². The van der Waals surface area contributed by atoms with E-state index in [-0.39, 0.29) is 5.91 Å². The van der Waals surface area contributed by atoms with Crippen molar-refractivity contribution in [2.24, 2.45) is 13.0 Å². The van der Waals surface area contributed by atoms with Crippen molar-refractivity contribution in [3.8, 4) is 0 Å². The number of rotatable bonds is 3. The maximum atomic E-state index is 12.6. The van der Waals surface area contributed by atoms with Crippen molar-refractivity contribution in [3.63, 3.8) is 0 Å². The van der Waals surface area contributed by atoms with Crippen LogP contribution >= 0.6 is 0 Å². The molecule has 0 aliphatic heterocycles. The van der Waals surface area contributed by atoms with Gasteiger partial charge >= 0.3 is 0 Å². The smallest absolute Gasteiger partial charge is 0.288 e. The molecule has 1 N–H and O–H groups in total. The van der Waals surface area contributed by atoms with E-state index in [0.29, 0.717) is 35.9 Å². The zero-order valence-corrected chi connectivity index (χ0v) is 15.5. The number of benzene rings is 2. The van der Waals surface area contributed by atoms with Crippen LogP contribution in [0.3, 0.4) is 0 Å². The second-order valence-electron chi connectivity index (χ2n) is 7.60. The lowest BCUT2D eigenvalue weighted by Crippen LogP contribution is -2.39. The second-order valence-corrected chi connectivity index (χ2v) is 7.60. The van der Waals surface area contributed by atoms with Gasteiger partial charge in [-0.3, -0.25) is 4.79 Å². The number of aryl methyl sites for hydroxylation is 2. The first-order valence-electron chi connectivity index (χ1n) is 9.47. The van der Waals surface area contributed by atoms with Crippen LogP contribution in [-0.2, 0) is 7.05 Å². The lowest BCUT2D eigenvalue weighted by molar-refractivity contribution is 0.0928. The minimum Gasteiger partial charge on any atom is -0.349 e. The summed E-state index contributed by atoms with van der Waals surface area (Å²) in [5.74, 6) is 1.97. The first-order chi connectivity index (χ1) is 13.1. The highest BCUT2D eigenvalue weighted by Gasteiger charge is 2.42. The van der Waals surface area contributed by atoms with Crippen molar-refractivity contribution in [2.75, 3.05) is 6.54 Å². The maximum Gasteiger partial charge on any atom is 0.288 e. The van der Waals surface area contributed by atoms with Crippen LogP contribution in [0.25, 0.3) is 0 Å². The minimum absolute atomic E-state index is 0.152. The van der Waals surface area contributed by atoms with Crippen LogP contribution < -0.4 is 5.32 Å². The van der Waals surface area contributed by atoms with Gasteiger partial charge < -0.3 is 5.32 Å². The first kappa shape index (κ1) is 16.2. The highest BCUT2D eigenvalue weighted by molar-refractivity contribution is 5.90. The number of aromatic nitrogens is 3. The van der Waals surface area contributed by atoms with Gasteiger partial charge in [-0.25, -0.2) is 9.67 Å². The second kappa shape index (κ2) is 6.05. The Bertz CT molecular complexity index is 991. The average Bonchev–Trinajstić information content (AvgIpc) is 3.04. The molecular weight excluding hydrogens is 336 g/mol. The van der Waals surface area contributed by atoms with E-state index < -0.39 is 0 Å². The zero-order chi connectivity index (χ0) is 18.5. The van der Waals surface area contributed by atoms with Crippen molar-refractivity contribution in [2.45, 2.75) is 25.2 Å². The molecule has 0 fully saturated rings. The van der Waals surface area contributed by atoms with Crippen LogP contribution in [0.4, 0.5) is 0 Å². The van der Waals surface area contributed by atoms with Crippen molar-refractivity contribution in [1.29, 1.82) is 0 Å². The fourth-order valence-electron chi connectivity index (χ4n) is 4.97. The Morgan fingerprint density at radius 2 is 1.67 bits per heavy atom. The molecule has 3 aliphatic rings.